The highest BCUT2D eigenvalue weighted by Crippen LogP contribution is 2.33. The smallest absolute Gasteiger partial charge is 0.143 e. The highest BCUT2D eigenvalue weighted by atomic mass is 16.5. The molecule has 1 aliphatic heterocycles. The highest BCUT2D eigenvalue weighted by Gasteiger charge is 2.20. The van der Waals surface area contributed by atoms with Crippen LogP contribution in [0.1, 0.15) is 12.8 Å². The summed E-state index contributed by atoms with van der Waals surface area (Å²) in [5.74, 6) is 0.747. The molecule has 0 bridgehead atoms. The molecule has 0 radical (unpaired) electrons. The monoisotopic (exact) mass is 236 g/mol. The van der Waals surface area contributed by atoms with Gasteiger partial charge in [0.25, 0.3) is 0 Å². The van der Waals surface area contributed by atoms with E-state index in [-0.39, 0.29) is 0 Å². The molecule has 1 saturated heterocycles. The Balaban J connectivity index is 2.13. The van der Waals surface area contributed by atoms with Gasteiger partial charge in [-0.05, 0) is 25.0 Å². The first-order valence-corrected chi connectivity index (χ1v) is 5.96. The van der Waals surface area contributed by atoms with E-state index in [1.165, 1.54) is 0 Å². The van der Waals surface area contributed by atoms with Gasteiger partial charge in [0.05, 0.1) is 24.6 Å². The molecule has 1 aromatic rings. The molecule has 0 amide bonds. The van der Waals surface area contributed by atoms with Crippen LogP contribution in [0.2, 0.25) is 0 Å². The van der Waals surface area contributed by atoms with E-state index in [0.29, 0.717) is 6.10 Å². The van der Waals surface area contributed by atoms with Crippen LogP contribution in [0.25, 0.3) is 0 Å². The average molecular weight is 236 g/mol. The van der Waals surface area contributed by atoms with Gasteiger partial charge < -0.3 is 20.1 Å². The molecule has 1 aromatic carbocycles. The molecule has 2 rings (SSSR count). The third-order valence-corrected chi connectivity index (χ3v) is 3.38. The van der Waals surface area contributed by atoms with Gasteiger partial charge in [0.2, 0.25) is 0 Å². The molecule has 1 fully saturated rings. The zero-order valence-corrected chi connectivity index (χ0v) is 10.5. The van der Waals surface area contributed by atoms with Crippen LogP contribution < -0.4 is 15.4 Å². The summed E-state index contributed by atoms with van der Waals surface area (Å²) in [5, 5.41) is 0. The largest absolute Gasteiger partial charge is 0.495 e. The van der Waals surface area contributed by atoms with Gasteiger partial charge in [-0.15, -0.1) is 0 Å². The minimum absolute atomic E-state index is 0.387. The molecule has 4 heteroatoms. The summed E-state index contributed by atoms with van der Waals surface area (Å²) in [6.07, 6.45) is 2.48. The van der Waals surface area contributed by atoms with Crippen molar-refractivity contribution in [1.82, 2.24) is 0 Å². The van der Waals surface area contributed by atoms with Crippen molar-refractivity contribution in [3.05, 3.63) is 18.2 Å². The maximum absolute atomic E-state index is 6.09. The number of ether oxygens (including phenoxy) is 2. The van der Waals surface area contributed by atoms with Gasteiger partial charge in [0.1, 0.15) is 5.75 Å². The lowest BCUT2D eigenvalue weighted by molar-refractivity contribution is 0.0819. The van der Waals surface area contributed by atoms with Crippen LogP contribution in [0, 0.1) is 0 Å². The van der Waals surface area contributed by atoms with Crippen LogP contribution >= 0.6 is 0 Å². The minimum atomic E-state index is 0.387. The normalized spacial score (nSPS) is 17.2. The SMILES string of the molecule is COc1cccc(N2CCC(OC)CC2)c1N. The van der Waals surface area contributed by atoms with E-state index >= 15 is 0 Å². The Hall–Kier alpha value is -1.42. The van der Waals surface area contributed by atoms with E-state index in [4.69, 9.17) is 15.2 Å². The zero-order valence-electron chi connectivity index (χ0n) is 10.5. The lowest BCUT2D eigenvalue weighted by Crippen LogP contribution is -2.37. The number of nitrogens with two attached hydrogens (primary N) is 1. The van der Waals surface area contributed by atoms with Crippen LogP contribution in [0.4, 0.5) is 11.4 Å². The second-order valence-corrected chi connectivity index (χ2v) is 4.32. The van der Waals surface area contributed by atoms with Gasteiger partial charge in [0.15, 0.2) is 0 Å². The molecule has 0 aliphatic carbocycles. The van der Waals surface area contributed by atoms with Crippen molar-refractivity contribution in [1.29, 1.82) is 0 Å². The Morgan fingerprint density at radius 3 is 2.53 bits per heavy atom. The number of methoxy groups -OCH3 is 2. The Kier molecular flexibility index (Phi) is 3.74. The molecule has 4 nitrogen and oxygen atoms in total. The lowest BCUT2D eigenvalue weighted by atomic mass is 10.1. The van der Waals surface area contributed by atoms with Crippen LogP contribution in [-0.4, -0.2) is 33.4 Å². The van der Waals surface area contributed by atoms with Gasteiger partial charge in [-0.25, -0.2) is 0 Å². The van der Waals surface area contributed by atoms with E-state index in [1.54, 1.807) is 14.2 Å². The number of nitrogens with zero attached hydrogens (tertiary/aromatic N) is 1. The number of benzene rings is 1. The molecule has 1 heterocycles. The van der Waals surface area contributed by atoms with Gasteiger partial charge in [0, 0.05) is 20.2 Å². The first kappa shape index (κ1) is 12.0. The number of para-hydroxylation sites is 1. The van der Waals surface area contributed by atoms with Gasteiger partial charge in [-0.2, -0.15) is 0 Å². The van der Waals surface area contributed by atoms with Crippen molar-refractivity contribution in [3.63, 3.8) is 0 Å². The van der Waals surface area contributed by atoms with Gasteiger partial charge in [-0.3, -0.25) is 0 Å². The predicted octanol–water partition coefficient (Wildman–Crippen LogP) is 1.89. The number of anilines is 2. The number of rotatable bonds is 3. The van der Waals surface area contributed by atoms with E-state index < -0.39 is 0 Å². The number of piperidine rings is 1. The van der Waals surface area contributed by atoms with Crippen molar-refractivity contribution >= 4 is 11.4 Å². The Morgan fingerprint density at radius 1 is 1.24 bits per heavy atom. The standard InChI is InChI=1S/C13H20N2O2/c1-16-10-6-8-15(9-7-10)11-4-3-5-12(17-2)13(11)14/h3-5,10H,6-9,14H2,1-2H3. The first-order chi connectivity index (χ1) is 8.26. The molecule has 17 heavy (non-hydrogen) atoms. The summed E-state index contributed by atoms with van der Waals surface area (Å²) in [4.78, 5) is 2.30. The first-order valence-electron chi connectivity index (χ1n) is 5.96. The van der Waals surface area contributed by atoms with Crippen LogP contribution in [0.15, 0.2) is 18.2 Å². The van der Waals surface area contributed by atoms with Gasteiger partial charge in [-0.1, -0.05) is 6.07 Å². The number of hydrogen-bond acceptors (Lipinski definition) is 4. The van der Waals surface area contributed by atoms with Gasteiger partial charge >= 0.3 is 0 Å². The summed E-state index contributed by atoms with van der Waals surface area (Å²) < 4.78 is 10.6. The molecule has 2 N–H and O–H groups in total. The molecule has 0 saturated carbocycles. The summed E-state index contributed by atoms with van der Waals surface area (Å²) >= 11 is 0. The van der Waals surface area contributed by atoms with E-state index in [1.807, 2.05) is 18.2 Å². The quantitative estimate of drug-likeness (QED) is 0.814. The molecule has 0 atom stereocenters. The third kappa shape index (κ3) is 2.47. The predicted molar refractivity (Wildman–Crippen MR) is 69.7 cm³/mol. The third-order valence-electron chi connectivity index (χ3n) is 3.38. The highest BCUT2D eigenvalue weighted by molar-refractivity contribution is 5.74. The maximum atomic E-state index is 6.09. The van der Waals surface area contributed by atoms with Crippen LogP contribution in [0.5, 0.6) is 5.75 Å². The zero-order chi connectivity index (χ0) is 12.3. The fraction of sp³-hybridized carbons (Fsp3) is 0.538. The molecule has 1 aliphatic rings. The molecular formula is C13H20N2O2. The van der Waals surface area contributed by atoms with Crippen molar-refractivity contribution < 1.29 is 9.47 Å². The summed E-state index contributed by atoms with van der Waals surface area (Å²) in [6, 6.07) is 5.92. The maximum Gasteiger partial charge on any atom is 0.143 e. The number of hydrogen-bond donors (Lipinski definition) is 1. The Labute approximate surface area is 102 Å². The number of nitrogen functional groups attached to an aromatic ring is 1. The fourth-order valence-electron chi connectivity index (χ4n) is 2.32. The average Bonchev–Trinajstić information content (AvgIpc) is 2.39. The summed E-state index contributed by atoms with van der Waals surface area (Å²) in [6.45, 7) is 1.96. The Bertz CT molecular complexity index is 374. The van der Waals surface area contributed by atoms with Crippen LogP contribution in [0.3, 0.4) is 0 Å². The fourth-order valence-corrected chi connectivity index (χ4v) is 2.32. The van der Waals surface area contributed by atoms with E-state index in [2.05, 4.69) is 4.90 Å². The second-order valence-electron chi connectivity index (χ2n) is 4.32. The lowest BCUT2D eigenvalue weighted by Gasteiger charge is -2.33. The second kappa shape index (κ2) is 5.27. The van der Waals surface area contributed by atoms with Crippen molar-refractivity contribution in [2.24, 2.45) is 0 Å². The van der Waals surface area contributed by atoms with E-state index in [9.17, 15) is 0 Å². The van der Waals surface area contributed by atoms with Crippen LogP contribution in [-0.2, 0) is 4.74 Å². The molecule has 94 valence electrons. The van der Waals surface area contributed by atoms with Crippen molar-refractivity contribution in [3.8, 4) is 5.75 Å². The summed E-state index contributed by atoms with van der Waals surface area (Å²) in [7, 11) is 3.42. The molecule has 0 aromatic heterocycles. The molecular weight excluding hydrogens is 216 g/mol. The van der Waals surface area contributed by atoms with Crippen molar-refractivity contribution in [2.75, 3.05) is 37.9 Å². The van der Waals surface area contributed by atoms with Crippen molar-refractivity contribution in [2.45, 2.75) is 18.9 Å². The molecule has 0 unspecified atom stereocenters. The Morgan fingerprint density at radius 2 is 1.94 bits per heavy atom. The summed E-state index contributed by atoms with van der Waals surface area (Å²) in [5.41, 5.74) is 7.89. The van der Waals surface area contributed by atoms with E-state index in [0.717, 1.165) is 43.1 Å². The molecule has 0 spiro atoms. The topological polar surface area (TPSA) is 47.7 Å². The minimum Gasteiger partial charge on any atom is -0.495 e.